The molecule has 0 aliphatic rings. The minimum atomic E-state index is -1.94. The van der Waals surface area contributed by atoms with Crippen LogP contribution in [0.1, 0.15) is 57.8 Å². The second-order valence-corrected chi connectivity index (χ2v) is 12.8. The topological polar surface area (TPSA) is 55.4 Å². The first kappa shape index (κ1) is 24.2. The summed E-state index contributed by atoms with van der Waals surface area (Å²) in [7, 11) is -1.94. The molecule has 0 aromatic heterocycles. The van der Waals surface area contributed by atoms with Gasteiger partial charge in [0.1, 0.15) is 6.04 Å². The fourth-order valence-corrected chi connectivity index (χ4v) is 3.62. The summed E-state index contributed by atoms with van der Waals surface area (Å²) >= 11 is 1.67. The molecular weight excluding hydrogens is 350 g/mol. The maximum Gasteiger partial charge on any atom is 0.315 e. The average molecular weight is 388 g/mol. The molecule has 0 rings (SSSR count). The number of carbonyl (C=O) groups is 2. The minimum Gasteiger partial charge on any atom is -0.518 e. The van der Waals surface area contributed by atoms with Crippen LogP contribution >= 0.6 is 11.8 Å². The number of rotatable bonds is 15. The van der Waals surface area contributed by atoms with E-state index >= 15 is 0 Å². The molecule has 4 nitrogen and oxygen atoms in total. The highest BCUT2D eigenvalue weighted by atomic mass is 32.2. The van der Waals surface area contributed by atoms with Gasteiger partial charge in [-0.25, -0.2) is 0 Å². The first-order valence-electron chi connectivity index (χ1n) is 9.42. The van der Waals surface area contributed by atoms with Crippen molar-refractivity contribution in [3.8, 4) is 0 Å². The summed E-state index contributed by atoms with van der Waals surface area (Å²) in [6.45, 7) is 9.66. The SMILES string of the molecule is C=CCCCCCCCCC(=O)N[C@@H](CCSC)C(=O)O[Si](C)(C)C. The van der Waals surface area contributed by atoms with E-state index in [9.17, 15) is 9.59 Å². The van der Waals surface area contributed by atoms with Crippen molar-refractivity contribution >= 4 is 32.0 Å². The van der Waals surface area contributed by atoms with Gasteiger partial charge in [-0.05, 0) is 57.3 Å². The van der Waals surface area contributed by atoms with Crippen molar-refractivity contribution < 1.29 is 14.0 Å². The van der Waals surface area contributed by atoms with E-state index in [1.807, 2.05) is 32.0 Å². The van der Waals surface area contributed by atoms with Gasteiger partial charge in [0.25, 0.3) is 0 Å². The van der Waals surface area contributed by atoms with Crippen molar-refractivity contribution in [3.05, 3.63) is 12.7 Å². The monoisotopic (exact) mass is 387 g/mol. The molecule has 0 fully saturated rings. The van der Waals surface area contributed by atoms with Gasteiger partial charge >= 0.3 is 5.97 Å². The Kier molecular flexibility index (Phi) is 14.0. The zero-order chi connectivity index (χ0) is 19.1. The molecule has 6 heteroatoms. The molecule has 1 amide bonds. The molecule has 0 saturated carbocycles. The molecule has 0 saturated heterocycles. The number of unbranched alkanes of at least 4 members (excludes halogenated alkanes) is 6. The Morgan fingerprint density at radius 2 is 1.72 bits per heavy atom. The molecule has 0 bridgehead atoms. The highest BCUT2D eigenvalue weighted by molar-refractivity contribution is 7.98. The number of nitrogens with one attached hydrogen (secondary N) is 1. The van der Waals surface area contributed by atoms with Crippen molar-refractivity contribution in [2.75, 3.05) is 12.0 Å². The van der Waals surface area contributed by atoms with Crippen LogP contribution in [-0.4, -0.2) is 38.2 Å². The van der Waals surface area contributed by atoms with Gasteiger partial charge in [0.05, 0.1) is 0 Å². The van der Waals surface area contributed by atoms with Crippen LogP contribution in [0.2, 0.25) is 19.6 Å². The predicted molar refractivity (Wildman–Crippen MR) is 112 cm³/mol. The average Bonchev–Trinajstić information content (AvgIpc) is 2.52. The molecule has 25 heavy (non-hydrogen) atoms. The minimum absolute atomic E-state index is 0.0368. The van der Waals surface area contributed by atoms with Crippen LogP contribution in [0.5, 0.6) is 0 Å². The number of hydrogen-bond donors (Lipinski definition) is 1. The summed E-state index contributed by atoms with van der Waals surface area (Å²) in [6.07, 6.45) is 12.9. The molecular formula is C19H37NO3SSi. The van der Waals surface area contributed by atoms with Crippen LogP contribution in [0.4, 0.5) is 0 Å². The predicted octanol–water partition coefficient (Wildman–Crippen LogP) is 4.91. The van der Waals surface area contributed by atoms with Crippen LogP contribution in [0.15, 0.2) is 12.7 Å². The van der Waals surface area contributed by atoms with E-state index in [-0.39, 0.29) is 11.9 Å². The van der Waals surface area contributed by atoms with Crippen LogP contribution in [0.25, 0.3) is 0 Å². The second kappa shape index (κ2) is 14.4. The molecule has 0 radical (unpaired) electrons. The lowest BCUT2D eigenvalue weighted by Gasteiger charge is -2.23. The van der Waals surface area contributed by atoms with Crippen molar-refractivity contribution in [3.63, 3.8) is 0 Å². The second-order valence-electron chi connectivity index (χ2n) is 7.38. The fraction of sp³-hybridized carbons (Fsp3) is 0.789. The molecule has 0 heterocycles. The molecule has 0 aliphatic carbocycles. The van der Waals surface area contributed by atoms with E-state index < -0.39 is 14.4 Å². The maximum atomic E-state index is 12.3. The smallest absolute Gasteiger partial charge is 0.315 e. The van der Waals surface area contributed by atoms with E-state index in [2.05, 4.69) is 11.9 Å². The van der Waals surface area contributed by atoms with Crippen LogP contribution in [0.3, 0.4) is 0 Å². The van der Waals surface area contributed by atoms with Gasteiger partial charge in [0, 0.05) is 6.42 Å². The van der Waals surface area contributed by atoms with Crippen molar-refractivity contribution in [2.45, 2.75) is 83.5 Å². The molecule has 0 aliphatic heterocycles. The summed E-state index contributed by atoms with van der Waals surface area (Å²) in [5.74, 6) is 0.519. The third-order valence-corrected chi connectivity index (χ3v) is 5.16. The van der Waals surface area contributed by atoms with Gasteiger partial charge in [0.2, 0.25) is 14.2 Å². The van der Waals surface area contributed by atoms with E-state index in [1.165, 1.54) is 19.3 Å². The Labute approximate surface area is 159 Å². The maximum absolute atomic E-state index is 12.3. The molecule has 0 aromatic carbocycles. The van der Waals surface area contributed by atoms with Crippen molar-refractivity contribution in [2.24, 2.45) is 0 Å². The molecule has 0 aromatic rings. The number of amides is 1. The fourth-order valence-electron chi connectivity index (χ4n) is 2.41. The lowest BCUT2D eigenvalue weighted by atomic mass is 10.1. The van der Waals surface area contributed by atoms with Gasteiger partial charge in [-0.2, -0.15) is 11.8 Å². The van der Waals surface area contributed by atoms with Gasteiger partial charge in [-0.3, -0.25) is 9.59 Å². The van der Waals surface area contributed by atoms with Crippen molar-refractivity contribution in [1.29, 1.82) is 0 Å². The first-order valence-corrected chi connectivity index (χ1v) is 14.2. The number of allylic oxidation sites excluding steroid dienone is 1. The number of hydrogen-bond acceptors (Lipinski definition) is 4. The number of carbonyl (C=O) groups excluding carboxylic acids is 2. The summed E-state index contributed by atoms with van der Waals surface area (Å²) in [5, 5.41) is 2.88. The number of thioether (sulfide) groups is 1. The summed E-state index contributed by atoms with van der Waals surface area (Å²) in [4.78, 5) is 24.4. The lowest BCUT2D eigenvalue weighted by molar-refractivity contribution is -0.140. The Morgan fingerprint density at radius 1 is 1.12 bits per heavy atom. The summed E-state index contributed by atoms with van der Waals surface area (Å²) in [5.41, 5.74) is 0. The Hall–Kier alpha value is -0.753. The van der Waals surface area contributed by atoms with Crippen LogP contribution in [0, 0.1) is 0 Å². The Bertz CT molecular complexity index is 397. The highest BCUT2D eigenvalue weighted by Crippen LogP contribution is 2.11. The van der Waals surface area contributed by atoms with E-state index in [0.717, 1.165) is 31.4 Å². The third-order valence-electron chi connectivity index (χ3n) is 3.70. The Balaban J connectivity index is 4.08. The summed E-state index contributed by atoms with van der Waals surface area (Å²) < 4.78 is 5.56. The van der Waals surface area contributed by atoms with Crippen LogP contribution in [-0.2, 0) is 14.0 Å². The van der Waals surface area contributed by atoms with E-state index in [0.29, 0.717) is 12.8 Å². The summed E-state index contributed by atoms with van der Waals surface area (Å²) in [6, 6.07) is -0.509. The Morgan fingerprint density at radius 3 is 2.28 bits per heavy atom. The molecule has 0 spiro atoms. The molecule has 1 N–H and O–H groups in total. The van der Waals surface area contributed by atoms with Gasteiger partial charge in [0.15, 0.2) is 0 Å². The molecule has 0 unspecified atom stereocenters. The largest absolute Gasteiger partial charge is 0.518 e. The van der Waals surface area contributed by atoms with Gasteiger partial charge < -0.3 is 9.74 Å². The zero-order valence-corrected chi connectivity index (χ0v) is 18.4. The lowest BCUT2D eigenvalue weighted by Crippen LogP contribution is -2.45. The normalized spacial score (nSPS) is 12.5. The third kappa shape index (κ3) is 15.2. The van der Waals surface area contributed by atoms with E-state index in [1.54, 1.807) is 11.8 Å². The van der Waals surface area contributed by atoms with Gasteiger partial charge in [-0.1, -0.05) is 31.8 Å². The molecule has 1 atom stereocenters. The molecule has 146 valence electrons. The van der Waals surface area contributed by atoms with Gasteiger partial charge in [-0.15, -0.1) is 6.58 Å². The highest BCUT2D eigenvalue weighted by Gasteiger charge is 2.27. The zero-order valence-electron chi connectivity index (χ0n) is 16.6. The standard InChI is InChI=1S/C19H37NO3SSi/c1-6-7-8-9-10-11-12-13-14-18(21)20-17(15-16-24-2)19(22)23-25(3,4)5/h6,17H,1,7-16H2,2-5H3,(H,20,21)/t17-/m0/s1. The van der Waals surface area contributed by atoms with Crippen molar-refractivity contribution in [1.82, 2.24) is 5.32 Å². The van der Waals surface area contributed by atoms with Crippen LogP contribution < -0.4 is 5.32 Å². The first-order chi connectivity index (χ1) is 11.8. The van der Waals surface area contributed by atoms with E-state index in [4.69, 9.17) is 4.43 Å². The quantitative estimate of drug-likeness (QED) is 0.246.